The van der Waals surface area contributed by atoms with Gasteiger partial charge in [0.1, 0.15) is 0 Å². The molecule has 0 spiro atoms. The molecule has 0 fully saturated rings. The van der Waals surface area contributed by atoms with Crippen molar-refractivity contribution in [3.05, 3.63) is 47.7 Å². The molecule has 2 rings (SSSR count). The van der Waals surface area contributed by atoms with Gasteiger partial charge in [0.25, 0.3) is 5.91 Å². The standard InChI is InChI=1S/C18H21N5O/c1-3-11-23(12-4-2)17-10-9-16(21-22-17)18(24)20-15-7-5-14(13-19)6-8-15/h5-10H,3-4,11-12H2,1-2H3,(H,20,24). The molecule has 24 heavy (non-hydrogen) atoms. The molecule has 2 aromatic rings. The number of carbonyl (C=O) groups is 1. The van der Waals surface area contributed by atoms with Crippen molar-refractivity contribution in [2.24, 2.45) is 0 Å². The largest absolute Gasteiger partial charge is 0.355 e. The molecule has 0 saturated carbocycles. The highest BCUT2D eigenvalue weighted by molar-refractivity contribution is 6.02. The number of nitriles is 1. The van der Waals surface area contributed by atoms with Crippen LogP contribution in [0.4, 0.5) is 11.5 Å². The van der Waals surface area contributed by atoms with Gasteiger partial charge in [0.15, 0.2) is 11.5 Å². The molecule has 0 aliphatic heterocycles. The van der Waals surface area contributed by atoms with Crippen molar-refractivity contribution in [1.82, 2.24) is 10.2 Å². The highest BCUT2D eigenvalue weighted by Gasteiger charge is 2.11. The average molecular weight is 323 g/mol. The first-order chi connectivity index (χ1) is 11.7. The van der Waals surface area contributed by atoms with Crippen molar-refractivity contribution in [3.8, 4) is 6.07 Å². The number of nitrogens with one attached hydrogen (secondary N) is 1. The summed E-state index contributed by atoms with van der Waals surface area (Å²) in [7, 11) is 0. The third-order valence-corrected chi connectivity index (χ3v) is 3.47. The van der Waals surface area contributed by atoms with E-state index in [9.17, 15) is 4.79 Å². The van der Waals surface area contributed by atoms with Crippen LogP contribution in [0.15, 0.2) is 36.4 Å². The van der Waals surface area contributed by atoms with Gasteiger partial charge in [-0.15, -0.1) is 10.2 Å². The maximum absolute atomic E-state index is 12.2. The summed E-state index contributed by atoms with van der Waals surface area (Å²) in [6.07, 6.45) is 2.06. The van der Waals surface area contributed by atoms with Gasteiger partial charge in [0.05, 0.1) is 11.6 Å². The Balaban J connectivity index is 2.05. The minimum atomic E-state index is -0.323. The van der Waals surface area contributed by atoms with Crippen molar-refractivity contribution in [3.63, 3.8) is 0 Å². The lowest BCUT2D eigenvalue weighted by Gasteiger charge is -2.21. The summed E-state index contributed by atoms with van der Waals surface area (Å²) in [5.74, 6) is 0.463. The summed E-state index contributed by atoms with van der Waals surface area (Å²) in [5, 5.41) is 19.7. The summed E-state index contributed by atoms with van der Waals surface area (Å²) < 4.78 is 0. The molecule has 6 heteroatoms. The van der Waals surface area contributed by atoms with Crippen LogP contribution in [0.3, 0.4) is 0 Å². The number of carbonyl (C=O) groups excluding carboxylic acids is 1. The van der Waals surface area contributed by atoms with E-state index in [2.05, 4.69) is 34.3 Å². The van der Waals surface area contributed by atoms with E-state index in [-0.39, 0.29) is 11.6 Å². The van der Waals surface area contributed by atoms with E-state index in [0.29, 0.717) is 11.3 Å². The van der Waals surface area contributed by atoms with Crippen molar-refractivity contribution in [2.75, 3.05) is 23.3 Å². The molecular weight excluding hydrogens is 302 g/mol. The number of hydrogen-bond donors (Lipinski definition) is 1. The lowest BCUT2D eigenvalue weighted by atomic mass is 10.2. The van der Waals surface area contributed by atoms with E-state index in [4.69, 9.17) is 5.26 Å². The van der Waals surface area contributed by atoms with Gasteiger partial charge in [-0.3, -0.25) is 4.79 Å². The Morgan fingerprint density at radius 3 is 2.25 bits per heavy atom. The summed E-state index contributed by atoms with van der Waals surface area (Å²) in [5.41, 5.74) is 1.42. The fourth-order valence-corrected chi connectivity index (χ4v) is 2.32. The lowest BCUT2D eigenvalue weighted by molar-refractivity contribution is 0.102. The SMILES string of the molecule is CCCN(CCC)c1ccc(C(=O)Nc2ccc(C#N)cc2)nn1. The second-order valence-corrected chi connectivity index (χ2v) is 5.41. The fourth-order valence-electron chi connectivity index (χ4n) is 2.32. The Bertz CT molecular complexity index is 698. The highest BCUT2D eigenvalue weighted by Crippen LogP contribution is 2.13. The summed E-state index contributed by atoms with van der Waals surface area (Å²) in [6.45, 7) is 6.07. The van der Waals surface area contributed by atoms with Gasteiger partial charge >= 0.3 is 0 Å². The van der Waals surface area contributed by atoms with Gasteiger partial charge in [0.2, 0.25) is 0 Å². The van der Waals surface area contributed by atoms with E-state index in [1.165, 1.54) is 0 Å². The first kappa shape index (κ1) is 17.4. The molecule has 1 amide bonds. The smallest absolute Gasteiger partial charge is 0.276 e. The van der Waals surface area contributed by atoms with E-state index in [1.807, 2.05) is 12.1 Å². The summed E-state index contributed by atoms with van der Waals surface area (Å²) in [6, 6.07) is 12.2. The van der Waals surface area contributed by atoms with E-state index < -0.39 is 0 Å². The van der Waals surface area contributed by atoms with Gasteiger partial charge in [-0.25, -0.2) is 0 Å². The number of hydrogen-bond acceptors (Lipinski definition) is 5. The molecule has 1 aromatic heterocycles. The molecule has 0 unspecified atom stereocenters. The third kappa shape index (κ3) is 4.53. The number of nitrogens with zero attached hydrogens (tertiary/aromatic N) is 4. The van der Waals surface area contributed by atoms with Crippen molar-refractivity contribution >= 4 is 17.4 Å². The minimum Gasteiger partial charge on any atom is -0.355 e. The maximum Gasteiger partial charge on any atom is 0.276 e. The van der Waals surface area contributed by atoms with Crippen LogP contribution in [0.2, 0.25) is 0 Å². The van der Waals surface area contributed by atoms with Gasteiger partial charge in [0, 0.05) is 18.8 Å². The Labute approximate surface area is 142 Å². The van der Waals surface area contributed by atoms with Crippen LogP contribution in [0.1, 0.15) is 42.7 Å². The van der Waals surface area contributed by atoms with Crippen LogP contribution >= 0.6 is 0 Å². The molecule has 6 nitrogen and oxygen atoms in total. The van der Waals surface area contributed by atoms with Crippen LogP contribution in [0.5, 0.6) is 0 Å². The summed E-state index contributed by atoms with van der Waals surface area (Å²) in [4.78, 5) is 14.4. The van der Waals surface area contributed by atoms with E-state index in [0.717, 1.165) is 31.7 Å². The van der Waals surface area contributed by atoms with Gasteiger partial charge in [-0.2, -0.15) is 5.26 Å². The lowest BCUT2D eigenvalue weighted by Crippen LogP contribution is -2.26. The zero-order valence-electron chi connectivity index (χ0n) is 14.0. The zero-order chi connectivity index (χ0) is 17.4. The molecule has 0 aliphatic carbocycles. The topological polar surface area (TPSA) is 81.9 Å². The normalized spacial score (nSPS) is 10.0. The molecule has 0 aliphatic rings. The molecule has 1 aromatic carbocycles. The zero-order valence-corrected chi connectivity index (χ0v) is 14.0. The first-order valence-corrected chi connectivity index (χ1v) is 8.08. The van der Waals surface area contributed by atoms with Gasteiger partial charge in [-0.1, -0.05) is 13.8 Å². The Morgan fingerprint density at radius 2 is 1.75 bits per heavy atom. The van der Waals surface area contributed by atoms with Gasteiger partial charge in [-0.05, 0) is 49.2 Å². The molecule has 1 N–H and O–H groups in total. The molecule has 124 valence electrons. The third-order valence-electron chi connectivity index (χ3n) is 3.47. The Kier molecular flexibility index (Phi) is 6.26. The van der Waals surface area contributed by atoms with E-state index >= 15 is 0 Å². The number of amides is 1. The average Bonchev–Trinajstić information content (AvgIpc) is 2.62. The first-order valence-electron chi connectivity index (χ1n) is 8.08. The second kappa shape index (κ2) is 8.63. The number of rotatable bonds is 7. The number of anilines is 2. The monoisotopic (exact) mass is 323 g/mol. The predicted octanol–water partition coefficient (Wildman–Crippen LogP) is 3.23. The van der Waals surface area contributed by atoms with Crippen LogP contribution in [-0.4, -0.2) is 29.2 Å². The molecular formula is C18H21N5O. The van der Waals surface area contributed by atoms with Crippen LogP contribution in [-0.2, 0) is 0 Å². The summed E-state index contributed by atoms with van der Waals surface area (Å²) >= 11 is 0. The number of benzene rings is 1. The quantitative estimate of drug-likeness (QED) is 0.846. The molecule has 0 radical (unpaired) electrons. The van der Waals surface area contributed by atoms with Crippen molar-refractivity contribution in [2.45, 2.75) is 26.7 Å². The van der Waals surface area contributed by atoms with Gasteiger partial charge < -0.3 is 10.2 Å². The van der Waals surface area contributed by atoms with E-state index in [1.54, 1.807) is 30.3 Å². The Morgan fingerprint density at radius 1 is 1.08 bits per heavy atom. The van der Waals surface area contributed by atoms with Crippen molar-refractivity contribution < 1.29 is 4.79 Å². The predicted molar refractivity (Wildman–Crippen MR) is 93.9 cm³/mol. The minimum absolute atomic E-state index is 0.260. The molecule has 0 bridgehead atoms. The second-order valence-electron chi connectivity index (χ2n) is 5.41. The molecule has 0 atom stereocenters. The van der Waals surface area contributed by atoms with Crippen LogP contribution in [0.25, 0.3) is 0 Å². The molecule has 0 saturated heterocycles. The maximum atomic E-state index is 12.2. The number of aromatic nitrogens is 2. The van der Waals surface area contributed by atoms with Crippen LogP contribution < -0.4 is 10.2 Å². The molecule has 1 heterocycles. The van der Waals surface area contributed by atoms with Crippen molar-refractivity contribution in [1.29, 1.82) is 5.26 Å². The fraction of sp³-hybridized carbons (Fsp3) is 0.333. The highest BCUT2D eigenvalue weighted by atomic mass is 16.1. The van der Waals surface area contributed by atoms with Crippen LogP contribution in [0, 0.1) is 11.3 Å². The Hall–Kier alpha value is -2.94.